The van der Waals surface area contributed by atoms with Gasteiger partial charge < -0.3 is 14.6 Å². The Morgan fingerprint density at radius 2 is 1.92 bits per heavy atom. The van der Waals surface area contributed by atoms with E-state index in [4.69, 9.17) is 9.47 Å². The van der Waals surface area contributed by atoms with Gasteiger partial charge >= 0.3 is 0 Å². The van der Waals surface area contributed by atoms with Crippen LogP contribution >= 0.6 is 0 Å². The topological polar surface area (TPSA) is 55.8 Å². The number of carbonyl (C=O) groups is 1. The summed E-state index contributed by atoms with van der Waals surface area (Å²) in [5, 5.41) is 9.57. The zero-order valence-corrected chi connectivity index (χ0v) is 14.7. The van der Waals surface area contributed by atoms with Gasteiger partial charge in [0.25, 0.3) is 0 Å². The number of carbonyl (C=O) groups excluding carboxylic acids is 1. The molecule has 0 bridgehead atoms. The molecule has 3 fully saturated rings. The van der Waals surface area contributed by atoms with Gasteiger partial charge in [-0.2, -0.15) is 0 Å². The summed E-state index contributed by atoms with van der Waals surface area (Å²) in [4.78, 5) is 13.4. The first-order valence-corrected chi connectivity index (χ1v) is 9.31. The molecule has 0 amide bonds. The number of benzene rings is 1. The van der Waals surface area contributed by atoms with Crippen LogP contribution in [0, 0.1) is 17.3 Å². The molecule has 4 nitrogen and oxygen atoms in total. The number of ketones is 1. The zero-order valence-electron chi connectivity index (χ0n) is 14.7. The Hall–Kier alpha value is -1.65. The minimum atomic E-state index is -0.522. The van der Waals surface area contributed by atoms with E-state index in [0.29, 0.717) is 25.2 Å². The third-order valence-corrected chi connectivity index (χ3v) is 6.69. The number of aliphatic hydroxyl groups is 1. The molecule has 3 atom stereocenters. The highest BCUT2D eigenvalue weighted by Gasteiger charge is 2.60. The molecule has 1 N–H and O–H groups in total. The Kier molecular flexibility index (Phi) is 4.20. The average molecular weight is 342 g/mol. The molecule has 3 unspecified atom stereocenters. The van der Waals surface area contributed by atoms with Crippen molar-refractivity contribution in [1.82, 2.24) is 0 Å². The van der Waals surface area contributed by atoms with Crippen LogP contribution in [-0.4, -0.2) is 29.9 Å². The van der Waals surface area contributed by atoms with E-state index in [-0.39, 0.29) is 17.6 Å². The second kappa shape index (κ2) is 6.26. The summed E-state index contributed by atoms with van der Waals surface area (Å²) in [5.74, 6) is -0.0341. The number of aliphatic hydroxyl groups excluding tert-OH is 1. The van der Waals surface area contributed by atoms with Crippen molar-refractivity contribution < 1.29 is 19.4 Å². The lowest BCUT2D eigenvalue weighted by atomic mass is 9.51. The first kappa shape index (κ1) is 16.8. The van der Waals surface area contributed by atoms with E-state index in [9.17, 15) is 9.90 Å². The Morgan fingerprint density at radius 3 is 2.60 bits per heavy atom. The highest BCUT2D eigenvalue weighted by atomic mass is 16.7. The normalized spacial score (nSPS) is 35.9. The maximum atomic E-state index is 13.4. The Balaban J connectivity index is 1.73. The summed E-state index contributed by atoms with van der Waals surface area (Å²) in [6, 6.07) is 10.2. The molecule has 25 heavy (non-hydrogen) atoms. The van der Waals surface area contributed by atoms with Crippen LogP contribution in [0.4, 0.5) is 0 Å². The lowest BCUT2D eigenvalue weighted by molar-refractivity contribution is -0.243. The molecule has 2 saturated carbocycles. The lowest BCUT2D eigenvalue weighted by Gasteiger charge is -2.55. The minimum Gasteiger partial charge on any atom is -0.515 e. The van der Waals surface area contributed by atoms with Gasteiger partial charge in [0.1, 0.15) is 0 Å². The molecule has 0 aromatic heterocycles. The highest BCUT2D eigenvalue weighted by molar-refractivity contribution is 6.01. The summed E-state index contributed by atoms with van der Waals surface area (Å²) >= 11 is 0. The third-order valence-electron chi connectivity index (χ3n) is 6.69. The van der Waals surface area contributed by atoms with Gasteiger partial charge in [0.2, 0.25) is 0 Å². The number of ether oxygens (including phenoxy) is 2. The molecule has 2 aliphatic carbocycles. The van der Waals surface area contributed by atoms with E-state index in [1.54, 1.807) is 0 Å². The fourth-order valence-electron chi connectivity index (χ4n) is 5.41. The molecular formula is C21H26O4. The lowest BCUT2D eigenvalue weighted by Crippen LogP contribution is -2.58. The van der Waals surface area contributed by atoms with Crippen LogP contribution in [0.5, 0.6) is 0 Å². The Bertz CT molecular complexity index is 674. The fourth-order valence-corrected chi connectivity index (χ4v) is 5.41. The smallest absolute Gasteiger partial charge is 0.171 e. The van der Waals surface area contributed by atoms with Crippen LogP contribution in [0.15, 0.2) is 42.2 Å². The predicted octanol–water partition coefficient (Wildman–Crippen LogP) is 3.81. The van der Waals surface area contributed by atoms with Gasteiger partial charge in [0.05, 0.1) is 19.5 Å². The fraction of sp³-hybridized carbons (Fsp3) is 0.571. The molecule has 1 saturated heterocycles. The first-order valence-electron chi connectivity index (χ1n) is 9.31. The van der Waals surface area contributed by atoms with Gasteiger partial charge in [-0.25, -0.2) is 0 Å². The summed E-state index contributed by atoms with van der Waals surface area (Å²) in [7, 11) is 0. The molecule has 134 valence electrons. The van der Waals surface area contributed by atoms with Crippen molar-refractivity contribution in [2.45, 2.75) is 44.8 Å². The van der Waals surface area contributed by atoms with Crippen LogP contribution in [0.2, 0.25) is 0 Å². The monoisotopic (exact) mass is 342 g/mol. The predicted molar refractivity (Wildman–Crippen MR) is 94.1 cm³/mol. The van der Waals surface area contributed by atoms with Gasteiger partial charge in [0.15, 0.2) is 11.6 Å². The number of hydrogen-bond donors (Lipinski definition) is 1. The molecule has 1 aromatic rings. The van der Waals surface area contributed by atoms with E-state index in [1.165, 1.54) is 5.56 Å². The van der Waals surface area contributed by atoms with E-state index in [0.717, 1.165) is 31.9 Å². The molecule has 0 radical (unpaired) electrons. The largest absolute Gasteiger partial charge is 0.515 e. The second-order valence-electron chi connectivity index (χ2n) is 7.74. The number of rotatable bonds is 2. The quantitative estimate of drug-likeness (QED) is 0.656. The Morgan fingerprint density at radius 1 is 1.20 bits per heavy atom. The van der Waals surface area contributed by atoms with Crippen LogP contribution in [0.25, 0.3) is 0 Å². The molecule has 1 aromatic carbocycles. The summed E-state index contributed by atoms with van der Waals surface area (Å²) in [6.07, 6.45) is 4.75. The molecular weight excluding hydrogens is 316 g/mol. The third kappa shape index (κ3) is 2.54. The molecule has 1 spiro atoms. The van der Waals surface area contributed by atoms with Crippen LogP contribution in [-0.2, 0) is 20.7 Å². The maximum absolute atomic E-state index is 13.4. The SMILES string of the molecule is CC1C2CC/C(=C/O)C(=O)C2(Cc2ccccc2)CCC12OCCO2. The zero-order chi connectivity index (χ0) is 17.5. The van der Waals surface area contributed by atoms with E-state index in [2.05, 4.69) is 19.1 Å². The van der Waals surface area contributed by atoms with Crippen LogP contribution < -0.4 is 0 Å². The number of Topliss-reactive ketones (excluding diaryl/α,β-unsaturated/α-hetero) is 1. The number of allylic oxidation sites excluding steroid dienone is 1. The van der Waals surface area contributed by atoms with Crippen molar-refractivity contribution >= 4 is 5.78 Å². The number of fused-ring (bicyclic) bond motifs is 1. The van der Waals surface area contributed by atoms with Crippen molar-refractivity contribution in [3.63, 3.8) is 0 Å². The molecule has 1 heterocycles. The van der Waals surface area contributed by atoms with Crippen molar-refractivity contribution in [2.75, 3.05) is 13.2 Å². The van der Waals surface area contributed by atoms with Crippen molar-refractivity contribution in [3.8, 4) is 0 Å². The van der Waals surface area contributed by atoms with E-state index < -0.39 is 11.2 Å². The van der Waals surface area contributed by atoms with Crippen molar-refractivity contribution in [2.24, 2.45) is 17.3 Å². The van der Waals surface area contributed by atoms with E-state index in [1.807, 2.05) is 18.2 Å². The molecule has 1 aliphatic heterocycles. The average Bonchev–Trinajstić information content (AvgIpc) is 3.11. The summed E-state index contributed by atoms with van der Waals surface area (Å²) < 4.78 is 12.1. The Labute approximate surface area is 148 Å². The highest BCUT2D eigenvalue weighted by Crippen LogP contribution is 2.58. The van der Waals surface area contributed by atoms with Gasteiger partial charge in [-0.1, -0.05) is 37.3 Å². The first-order chi connectivity index (χ1) is 12.1. The second-order valence-corrected chi connectivity index (χ2v) is 7.74. The summed E-state index contributed by atoms with van der Waals surface area (Å²) in [5.41, 5.74) is 1.29. The number of hydrogen-bond acceptors (Lipinski definition) is 4. The van der Waals surface area contributed by atoms with Gasteiger partial charge in [-0.05, 0) is 37.2 Å². The summed E-state index contributed by atoms with van der Waals surface area (Å²) in [6.45, 7) is 3.45. The van der Waals surface area contributed by atoms with E-state index >= 15 is 0 Å². The van der Waals surface area contributed by atoms with Gasteiger partial charge in [0, 0.05) is 23.3 Å². The minimum absolute atomic E-state index is 0.120. The van der Waals surface area contributed by atoms with Crippen molar-refractivity contribution in [1.29, 1.82) is 0 Å². The maximum Gasteiger partial charge on any atom is 0.171 e. The van der Waals surface area contributed by atoms with Gasteiger partial charge in [-0.15, -0.1) is 0 Å². The van der Waals surface area contributed by atoms with Crippen LogP contribution in [0.1, 0.15) is 38.2 Å². The molecule has 4 heteroatoms. The standard InChI is InChI=1S/C21H26O4/c1-15-18-8-7-17(14-22)19(23)20(18,13-16-5-3-2-4-6-16)9-10-21(15)24-11-12-25-21/h2-6,14-15,18,22H,7-13H2,1H3/b17-14-. The molecule has 4 rings (SSSR count). The van der Waals surface area contributed by atoms with Crippen molar-refractivity contribution in [3.05, 3.63) is 47.7 Å². The molecule has 3 aliphatic rings. The van der Waals surface area contributed by atoms with Crippen LogP contribution in [0.3, 0.4) is 0 Å². The van der Waals surface area contributed by atoms with Gasteiger partial charge in [-0.3, -0.25) is 4.79 Å².